The van der Waals surface area contributed by atoms with E-state index in [1.54, 1.807) is 25.2 Å². The van der Waals surface area contributed by atoms with Gasteiger partial charge in [0.15, 0.2) is 11.5 Å². The summed E-state index contributed by atoms with van der Waals surface area (Å²) in [6.45, 7) is 0.174. The molecule has 1 aliphatic rings. The van der Waals surface area contributed by atoms with Crippen LogP contribution in [-0.4, -0.2) is 16.3 Å². The van der Waals surface area contributed by atoms with E-state index >= 15 is 0 Å². The van der Waals surface area contributed by atoms with E-state index in [1.807, 2.05) is 6.07 Å². The van der Waals surface area contributed by atoms with Crippen molar-refractivity contribution in [3.63, 3.8) is 0 Å². The van der Waals surface area contributed by atoms with Gasteiger partial charge in [-0.25, -0.2) is 4.79 Å². The predicted molar refractivity (Wildman–Crippen MR) is 65.8 cm³/mol. The maximum Gasteiger partial charge on any atom is 0.347 e. The van der Waals surface area contributed by atoms with Crippen molar-refractivity contribution in [1.29, 1.82) is 5.26 Å². The van der Waals surface area contributed by atoms with Gasteiger partial charge in [0, 0.05) is 18.8 Å². The second-order valence-corrected chi connectivity index (χ2v) is 4.08. The number of aromatic nitrogens is 2. The minimum Gasteiger partial charge on any atom is -0.454 e. The first-order chi connectivity index (χ1) is 9.19. The first-order valence-corrected chi connectivity index (χ1v) is 5.57. The lowest BCUT2D eigenvalue weighted by Gasteiger charge is -2.05. The third kappa shape index (κ3) is 1.81. The molecule has 0 atom stereocenters. The van der Waals surface area contributed by atoms with Crippen LogP contribution in [0, 0.1) is 11.3 Å². The molecule has 6 heteroatoms. The summed E-state index contributed by atoms with van der Waals surface area (Å²) in [6, 6.07) is 7.23. The molecule has 94 valence electrons. The minimum absolute atomic E-state index is 0.174. The molecule has 2 heterocycles. The summed E-state index contributed by atoms with van der Waals surface area (Å²) in [4.78, 5) is 15.5. The van der Waals surface area contributed by atoms with Crippen LogP contribution >= 0.6 is 0 Å². The average Bonchev–Trinajstić information content (AvgIpc) is 2.88. The Hall–Kier alpha value is -2.81. The normalized spacial score (nSPS) is 12.2. The van der Waals surface area contributed by atoms with Crippen LogP contribution in [0.4, 0.5) is 0 Å². The van der Waals surface area contributed by atoms with Gasteiger partial charge < -0.3 is 14.0 Å². The summed E-state index contributed by atoms with van der Waals surface area (Å²) in [5.41, 5.74) is 0.926. The van der Waals surface area contributed by atoms with Gasteiger partial charge in [-0.05, 0) is 18.2 Å². The average molecular weight is 255 g/mol. The third-order valence-corrected chi connectivity index (χ3v) is 2.85. The van der Waals surface area contributed by atoms with Crippen LogP contribution in [0.25, 0.3) is 11.3 Å². The lowest BCUT2D eigenvalue weighted by Crippen LogP contribution is -2.20. The van der Waals surface area contributed by atoms with Crippen molar-refractivity contribution < 1.29 is 9.47 Å². The summed E-state index contributed by atoms with van der Waals surface area (Å²) >= 11 is 0. The molecule has 0 amide bonds. The smallest absolute Gasteiger partial charge is 0.347 e. The summed E-state index contributed by atoms with van der Waals surface area (Å²) in [7, 11) is 1.56. The standard InChI is InChI=1S/C13H9N3O3/c1-16-6-9(5-14)12(15-13(16)17)8-2-3-10-11(4-8)19-7-18-10/h2-4,6H,7H2,1H3. The monoisotopic (exact) mass is 255 g/mol. The van der Waals surface area contributed by atoms with Crippen LogP contribution in [0.2, 0.25) is 0 Å². The number of aryl methyl sites for hydroxylation is 1. The topological polar surface area (TPSA) is 77.1 Å². The molecule has 2 aromatic rings. The molecule has 19 heavy (non-hydrogen) atoms. The van der Waals surface area contributed by atoms with E-state index in [2.05, 4.69) is 4.98 Å². The molecular formula is C13H9N3O3. The highest BCUT2D eigenvalue weighted by atomic mass is 16.7. The Balaban J connectivity index is 2.20. The third-order valence-electron chi connectivity index (χ3n) is 2.85. The Morgan fingerprint density at radius 3 is 2.95 bits per heavy atom. The molecule has 0 fully saturated rings. The van der Waals surface area contributed by atoms with E-state index in [4.69, 9.17) is 14.7 Å². The fraction of sp³-hybridized carbons (Fsp3) is 0.154. The molecule has 0 N–H and O–H groups in total. The maximum atomic E-state index is 11.6. The van der Waals surface area contributed by atoms with Gasteiger partial charge in [0.25, 0.3) is 0 Å². The van der Waals surface area contributed by atoms with Crippen molar-refractivity contribution in [2.24, 2.45) is 7.05 Å². The quantitative estimate of drug-likeness (QED) is 0.761. The lowest BCUT2D eigenvalue weighted by atomic mass is 10.1. The van der Waals surface area contributed by atoms with Crippen molar-refractivity contribution in [1.82, 2.24) is 9.55 Å². The zero-order chi connectivity index (χ0) is 13.4. The Morgan fingerprint density at radius 1 is 1.37 bits per heavy atom. The van der Waals surface area contributed by atoms with Crippen LogP contribution < -0.4 is 15.2 Å². The molecule has 0 spiro atoms. The highest BCUT2D eigenvalue weighted by Crippen LogP contribution is 2.35. The Labute approximate surface area is 108 Å². The lowest BCUT2D eigenvalue weighted by molar-refractivity contribution is 0.174. The number of nitrogens with zero attached hydrogens (tertiary/aromatic N) is 3. The molecule has 0 bridgehead atoms. The van der Waals surface area contributed by atoms with Crippen molar-refractivity contribution >= 4 is 0 Å². The summed E-state index contributed by atoms with van der Waals surface area (Å²) in [6.07, 6.45) is 1.47. The summed E-state index contributed by atoms with van der Waals surface area (Å²) in [5, 5.41) is 9.13. The second kappa shape index (κ2) is 4.14. The minimum atomic E-state index is -0.410. The number of hydrogen-bond acceptors (Lipinski definition) is 5. The molecule has 1 aromatic heterocycles. The van der Waals surface area contributed by atoms with Gasteiger partial charge in [-0.1, -0.05) is 0 Å². The highest BCUT2D eigenvalue weighted by molar-refractivity contribution is 5.69. The van der Waals surface area contributed by atoms with E-state index in [1.165, 1.54) is 10.8 Å². The van der Waals surface area contributed by atoms with Gasteiger partial charge in [-0.15, -0.1) is 0 Å². The summed E-state index contributed by atoms with van der Waals surface area (Å²) in [5.74, 6) is 1.23. The number of benzene rings is 1. The first-order valence-electron chi connectivity index (χ1n) is 5.57. The SMILES string of the molecule is Cn1cc(C#N)c(-c2ccc3c(c2)OCO3)nc1=O. The zero-order valence-electron chi connectivity index (χ0n) is 10.1. The van der Waals surface area contributed by atoms with E-state index in [9.17, 15) is 4.79 Å². The predicted octanol–water partition coefficient (Wildman–Crippen LogP) is 1.05. The van der Waals surface area contributed by atoms with Crippen LogP contribution in [-0.2, 0) is 7.05 Å². The van der Waals surface area contributed by atoms with Gasteiger partial charge >= 0.3 is 5.69 Å². The van der Waals surface area contributed by atoms with Gasteiger partial charge in [0.1, 0.15) is 6.07 Å². The van der Waals surface area contributed by atoms with E-state index in [0.29, 0.717) is 28.3 Å². The highest BCUT2D eigenvalue weighted by Gasteiger charge is 2.16. The summed E-state index contributed by atoms with van der Waals surface area (Å²) < 4.78 is 11.8. The van der Waals surface area contributed by atoms with Crippen molar-refractivity contribution in [3.05, 3.63) is 40.4 Å². The first kappa shape index (κ1) is 11.3. The second-order valence-electron chi connectivity index (χ2n) is 4.08. The molecule has 1 aliphatic heterocycles. The van der Waals surface area contributed by atoms with Gasteiger partial charge in [-0.2, -0.15) is 10.2 Å². The Kier molecular flexibility index (Phi) is 2.46. The van der Waals surface area contributed by atoms with Gasteiger partial charge in [-0.3, -0.25) is 0 Å². The van der Waals surface area contributed by atoms with Crippen LogP contribution in [0.1, 0.15) is 5.56 Å². The number of fused-ring (bicyclic) bond motifs is 1. The van der Waals surface area contributed by atoms with Gasteiger partial charge in [0.2, 0.25) is 6.79 Å². The Morgan fingerprint density at radius 2 is 2.16 bits per heavy atom. The molecule has 0 aliphatic carbocycles. The fourth-order valence-corrected chi connectivity index (χ4v) is 1.89. The number of nitriles is 1. The van der Waals surface area contributed by atoms with Crippen molar-refractivity contribution in [3.8, 4) is 28.8 Å². The van der Waals surface area contributed by atoms with Crippen LogP contribution in [0.5, 0.6) is 11.5 Å². The van der Waals surface area contributed by atoms with Crippen LogP contribution in [0.3, 0.4) is 0 Å². The van der Waals surface area contributed by atoms with Gasteiger partial charge in [0.05, 0.1) is 11.3 Å². The molecule has 3 rings (SSSR count). The largest absolute Gasteiger partial charge is 0.454 e. The molecule has 0 saturated carbocycles. The fourth-order valence-electron chi connectivity index (χ4n) is 1.89. The zero-order valence-corrected chi connectivity index (χ0v) is 10.1. The number of hydrogen-bond donors (Lipinski definition) is 0. The number of rotatable bonds is 1. The molecule has 0 saturated heterocycles. The van der Waals surface area contributed by atoms with Crippen molar-refractivity contribution in [2.45, 2.75) is 0 Å². The molecule has 6 nitrogen and oxygen atoms in total. The van der Waals surface area contributed by atoms with Crippen LogP contribution in [0.15, 0.2) is 29.2 Å². The molecule has 1 aromatic carbocycles. The van der Waals surface area contributed by atoms with Crippen molar-refractivity contribution in [2.75, 3.05) is 6.79 Å². The maximum absolute atomic E-state index is 11.6. The van der Waals surface area contributed by atoms with E-state index in [0.717, 1.165) is 0 Å². The Bertz CT molecular complexity index is 759. The molecule has 0 unspecified atom stereocenters. The molecular weight excluding hydrogens is 246 g/mol. The molecule has 0 radical (unpaired) electrons. The van der Waals surface area contributed by atoms with E-state index < -0.39 is 5.69 Å². The number of ether oxygens (including phenoxy) is 2. The van der Waals surface area contributed by atoms with E-state index in [-0.39, 0.29) is 6.79 Å².